The Morgan fingerprint density at radius 1 is 1.15 bits per heavy atom. The van der Waals surface area contributed by atoms with Gasteiger partial charge in [-0.15, -0.1) is 0 Å². The number of aromatic amines is 1. The summed E-state index contributed by atoms with van der Waals surface area (Å²) in [5, 5.41) is 5.18. The summed E-state index contributed by atoms with van der Waals surface area (Å²) < 4.78 is 5.46. The van der Waals surface area contributed by atoms with Gasteiger partial charge in [-0.1, -0.05) is 18.2 Å². The molecule has 2 aromatic carbocycles. The third-order valence-corrected chi connectivity index (χ3v) is 6.70. The van der Waals surface area contributed by atoms with E-state index in [9.17, 15) is 0 Å². The summed E-state index contributed by atoms with van der Waals surface area (Å²) in [6, 6.07) is 16.3. The van der Waals surface area contributed by atoms with Crippen molar-refractivity contribution >= 4 is 16.6 Å². The molecule has 26 heavy (non-hydrogen) atoms. The third-order valence-electron chi connectivity index (χ3n) is 6.70. The number of para-hydroxylation sites is 1. The zero-order valence-corrected chi connectivity index (χ0v) is 15.0. The third kappa shape index (κ3) is 1.93. The summed E-state index contributed by atoms with van der Waals surface area (Å²) in [6.45, 7) is 2.21. The Morgan fingerprint density at radius 2 is 2.08 bits per heavy atom. The first-order valence-electron chi connectivity index (χ1n) is 9.59. The number of rotatable bonds is 1. The molecule has 0 spiro atoms. The lowest BCUT2D eigenvalue weighted by Crippen LogP contribution is -2.55. The molecule has 2 N–H and O–H groups in total. The highest BCUT2D eigenvalue weighted by Gasteiger charge is 2.45. The number of anilines is 1. The van der Waals surface area contributed by atoms with Crippen LogP contribution in [0.5, 0.6) is 5.75 Å². The van der Waals surface area contributed by atoms with Gasteiger partial charge in [-0.05, 0) is 54.8 Å². The average molecular weight is 345 g/mol. The first-order chi connectivity index (χ1) is 12.8. The van der Waals surface area contributed by atoms with Crippen molar-refractivity contribution in [2.75, 3.05) is 19.0 Å². The molecule has 1 fully saturated rings. The highest BCUT2D eigenvalue weighted by Crippen LogP contribution is 2.46. The van der Waals surface area contributed by atoms with E-state index in [4.69, 9.17) is 4.74 Å². The number of hydrogen-bond acceptors (Lipinski definition) is 3. The molecule has 6 rings (SSSR count). The predicted molar refractivity (Wildman–Crippen MR) is 104 cm³/mol. The predicted octanol–water partition coefficient (Wildman–Crippen LogP) is 3.88. The Bertz CT molecular complexity index is 1010. The molecule has 1 aromatic heterocycles. The first kappa shape index (κ1) is 14.7. The van der Waals surface area contributed by atoms with Crippen LogP contribution in [-0.4, -0.2) is 35.6 Å². The van der Waals surface area contributed by atoms with E-state index in [1.54, 1.807) is 7.11 Å². The van der Waals surface area contributed by atoms with Crippen LogP contribution in [0.15, 0.2) is 42.5 Å². The highest BCUT2D eigenvalue weighted by atomic mass is 16.5. The van der Waals surface area contributed by atoms with Crippen LogP contribution < -0.4 is 10.1 Å². The first-order valence-corrected chi connectivity index (χ1v) is 9.59. The summed E-state index contributed by atoms with van der Waals surface area (Å²) >= 11 is 0. The second-order valence-corrected chi connectivity index (χ2v) is 7.89. The zero-order valence-electron chi connectivity index (χ0n) is 15.0. The summed E-state index contributed by atoms with van der Waals surface area (Å²) in [5.41, 5.74) is 6.96. The van der Waals surface area contributed by atoms with Crippen LogP contribution in [0, 0.1) is 0 Å². The molecule has 4 nitrogen and oxygen atoms in total. The van der Waals surface area contributed by atoms with E-state index >= 15 is 0 Å². The average Bonchev–Trinajstić information content (AvgIpc) is 3.23. The number of H-pyrrole nitrogens is 1. The lowest BCUT2D eigenvalue weighted by molar-refractivity contribution is 0.105. The molecule has 0 bridgehead atoms. The molecule has 0 aliphatic carbocycles. The Hall–Kier alpha value is -2.46. The van der Waals surface area contributed by atoms with Crippen molar-refractivity contribution in [2.45, 2.75) is 37.4 Å². The molecule has 0 radical (unpaired) electrons. The van der Waals surface area contributed by atoms with E-state index in [-0.39, 0.29) is 0 Å². The maximum absolute atomic E-state index is 5.46. The van der Waals surface area contributed by atoms with Crippen LogP contribution >= 0.6 is 0 Å². The van der Waals surface area contributed by atoms with Gasteiger partial charge in [0.25, 0.3) is 0 Å². The van der Waals surface area contributed by atoms with Crippen LogP contribution in [0.2, 0.25) is 0 Å². The molecule has 4 heterocycles. The minimum Gasteiger partial charge on any atom is -0.497 e. The van der Waals surface area contributed by atoms with Gasteiger partial charge in [-0.3, -0.25) is 4.90 Å². The molecule has 3 aliphatic rings. The van der Waals surface area contributed by atoms with Crippen LogP contribution in [0.4, 0.5) is 5.69 Å². The van der Waals surface area contributed by atoms with Crippen LogP contribution in [0.25, 0.3) is 10.9 Å². The molecule has 0 saturated carbocycles. The molecule has 3 atom stereocenters. The number of methoxy groups -OCH3 is 1. The van der Waals surface area contributed by atoms with Crippen molar-refractivity contribution in [1.82, 2.24) is 9.88 Å². The maximum atomic E-state index is 5.46. The van der Waals surface area contributed by atoms with E-state index < -0.39 is 0 Å². The van der Waals surface area contributed by atoms with Crippen molar-refractivity contribution in [3.63, 3.8) is 0 Å². The molecule has 4 heteroatoms. The van der Waals surface area contributed by atoms with Crippen LogP contribution in [-0.2, 0) is 13.0 Å². The highest BCUT2D eigenvalue weighted by molar-refractivity contribution is 5.86. The second-order valence-electron chi connectivity index (χ2n) is 7.89. The summed E-state index contributed by atoms with van der Waals surface area (Å²) in [7, 11) is 1.74. The van der Waals surface area contributed by atoms with Crippen molar-refractivity contribution in [1.29, 1.82) is 0 Å². The van der Waals surface area contributed by atoms with E-state index in [1.165, 1.54) is 46.4 Å². The smallest absolute Gasteiger partial charge is 0.119 e. The van der Waals surface area contributed by atoms with Gasteiger partial charge in [0.05, 0.1) is 7.11 Å². The van der Waals surface area contributed by atoms with Gasteiger partial charge in [0.2, 0.25) is 0 Å². The monoisotopic (exact) mass is 345 g/mol. The minimum absolute atomic E-state index is 0.518. The minimum atomic E-state index is 0.518. The van der Waals surface area contributed by atoms with Crippen molar-refractivity contribution in [3.8, 4) is 5.75 Å². The zero-order chi connectivity index (χ0) is 17.3. The van der Waals surface area contributed by atoms with Crippen molar-refractivity contribution in [3.05, 3.63) is 59.3 Å². The molecule has 2 unspecified atom stereocenters. The Kier molecular flexibility index (Phi) is 2.98. The summed E-state index contributed by atoms with van der Waals surface area (Å²) in [5.74, 6) is 1.59. The fraction of sp³-hybridized carbons (Fsp3) is 0.364. The van der Waals surface area contributed by atoms with E-state index in [1.807, 2.05) is 6.07 Å². The Labute approximate surface area is 153 Å². The van der Waals surface area contributed by atoms with Gasteiger partial charge in [-0.2, -0.15) is 0 Å². The molecule has 3 aliphatic heterocycles. The van der Waals surface area contributed by atoms with E-state index in [0.717, 1.165) is 18.7 Å². The summed E-state index contributed by atoms with van der Waals surface area (Å²) in [6.07, 6.45) is 2.35. The number of aromatic nitrogens is 1. The van der Waals surface area contributed by atoms with Gasteiger partial charge >= 0.3 is 0 Å². The molecule has 1 saturated heterocycles. The lowest BCUT2D eigenvalue weighted by atomic mass is 9.79. The lowest BCUT2D eigenvalue weighted by Gasteiger charge is -2.45. The topological polar surface area (TPSA) is 40.3 Å². The van der Waals surface area contributed by atoms with E-state index in [2.05, 4.69) is 51.6 Å². The number of benzene rings is 2. The molecular weight excluding hydrogens is 322 g/mol. The van der Waals surface area contributed by atoms with Gasteiger partial charge in [0.1, 0.15) is 5.75 Å². The van der Waals surface area contributed by atoms with Crippen molar-refractivity contribution in [2.24, 2.45) is 0 Å². The normalized spacial score (nSPS) is 26.6. The number of ether oxygens (including phenoxy) is 1. The van der Waals surface area contributed by atoms with Crippen LogP contribution in [0.1, 0.15) is 29.2 Å². The van der Waals surface area contributed by atoms with Gasteiger partial charge in [0, 0.05) is 46.8 Å². The Balaban J connectivity index is 1.41. The number of hydrogen-bond donors (Lipinski definition) is 2. The molecule has 0 amide bonds. The number of fused-ring (bicyclic) bond motifs is 8. The molecule has 3 aromatic rings. The van der Waals surface area contributed by atoms with E-state index in [0.29, 0.717) is 18.0 Å². The fourth-order valence-electron chi connectivity index (χ4n) is 5.46. The maximum Gasteiger partial charge on any atom is 0.119 e. The molecular formula is C22H23N3O. The van der Waals surface area contributed by atoms with Crippen molar-refractivity contribution < 1.29 is 4.74 Å². The number of nitrogens with one attached hydrogen (secondary N) is 2. The molecule has 132 valence electrons. The van der Waals surface area contributed by atoms with Gasteiger partial charge in [0.15, 0.2) is 0 Å². The SMILES string of the molecule is COc1ccc2[nH]c3c(c2c1)C[C@H]1C2Nc4ccccc4C2CCN1C3. The van der Waals surface area contributed by atoms with Gasteiger partial charge in [-0.25, -0.2) is 0 Å². The summed E-state index contributed by atoms with van der Waals surface area (Å²) in [4.78, 5) is 6.34. The van der Waals surface area contributed by atoms with Crippen LogP contribution in [0.3, 0.4) is 0 Å². The second kappa shape index (κ2) is 5.27. The Morgan fingerprint density at radius 3 is 3.00 bits per heavy atom. The quantitative estimate of drug-likeness (QED) is 0.703. The number of piperidine rings is 1. The standard InChI is InChI=1S/C22H23N3O/c1-26-13-6-7-19-16(10-13)17-11-21-22-15(8-9-25(21)12-20(17)23-19)14-4-2-3-5-18(14)24-22/h2-7,10,15,21-24H,8-9,11-12H2,1H3/t15?,21-,22?/m0/s1. The van der Waals surface area contributed by atoms with Gasteiger partial charge < -0.3 is 15.0 Å². The largest absolute Gasteiger partial charge is 0.497 e. The number of nitrogens with zero attached hydrogens (tertiary/aromatic N) is 1. The fourth-order valence-corrected chi connectivity index (χ4v) is 5.46.